The van der Waals surface area contributed by atoms with Crippen molar-refractivity contribution in [3.63, 3.8) is 0 Å². The predicted octanol–water partition coefficient (Wildman–Crippen LogP) is 2.26. The minimum Gasteiger partial charge on any atom is -0.399 e. The highest BCUT2D eigenvalue weighted by Crippen LogP contribution is 2.13. The first kappa shape index (κ1) is 11.3. The zero-order chi connectivity index (χ0) is 11.3. The highest BCUT2D eigenvalue weighted by molar-refractivity contribution is 6.08. The molecule has 0 spiro atoms. The Morgan fingerprint density at radius 2 is 1.93 bits per heavy atom. The summed E-state index contributed by atoms with van der Waals surface area (Å²) in [5.41, 5.74) is 8.18. The number of nitrogens with one attached hydrogen (secondary N) is 2. The number of allylic oxidation sites excluding steroid dienone is 1. The van der Waals surface area contributed by atoms with Crippen LogP contribution in [0.5, 0.6) is 0 Å². The van der Waals surface area contributed by atoms with Crippen LogP contribution in [0.1, 0.15) is 19.4 Å². The number of hydrogen-bond acceptors (Lipinski definition) is 3. The molecular formula is C12H17N3. The topological polar surface area (TPSA) is 61.9 Å². The molecule has 0 heterocycles. The Balaban J connectivity index is 2.87. The predicted molar refractivity (Wildman–Crippen MR) is 65.9 cm³/mol. The molecule has 4 N–H and O–H groups in total. The largest absolute Gasteiger partial charge is 0.399 e. The average molecular weight is 203 g/mol. The number of nitrogen functional groups attached to an aromatic ring is 1. The fraction of sp³-hybridized carbons (Fsp3) is 0.250. The maximum Gasteiger partial charge on any atom is 0.0314 e. The molecule has 0 atom stereocenters. The molecule has 0 unspecified atom stereocenters. The van der Waals surface area contributed by atoms with Gasteiger partial charge in [0.2, 0.25) is 0 Å². The Morgan fingerprint density at radius 1 is 1.33 bits per heavy atom. The maximum atomic E-state index is 7.33. The molecule has 0 radical (unpaired) electrons. The second-order valence-electron chi connectivity index (χ2n) is 3.69. The fourth-order valence-electron chi connectivity index (χ4n) is 1.14. The van der Waals surface area contributed by atoms with E-state index in [0.717, 1.165) is 16.8 Å². The second kappa shape index (κ2) is 5.20. The molecule has 0 aliphatic carbocycles. The zero-order valence-electron chi connectivity index (χ0n) is 9.12. The van der Waals surface area contributed by atoms with Crippen LogP contribution in [0.15, 0.2) is 30.5 Å². The van der Waals surface area contributed by atoms with Crippen LogP contribution in [0, 0.1) is 5.41 Å². The number of rotatable bonds is 4. The third-order valence-corrected chi connectivity index (χ3v) is 1.97. The van der Waals surface area contributed by atoms with E-state index in [4.69, 9.17) is 11.1 Å². The molecule has 3 heteroatoms. The summed E-state index contributed by atoms with van der Waals surface area (Å²) in [6, 6.07) is 7.86. The van der Waals surface area contributed by atoms with E-state index in [9.17, 15) is 0 Å². The van der Waals surface area contributed by atoms with Gasteiger partial charge in [-0.25, -0.2) is 0 Å². The summed E-state index contributed by atoms with van der Waals surface area (Å²) in [5.74, 6) is 0. The van der Waals surface area contributed by atoms with E-state index in [0.29, 0.717) is 6.04 Å². The molecule has 1 aromatic rings. The van der Waals surface area contributed by atoms with Crippen LogP contribution in [0.2, 0.25) is 0 Å². The Morgan fingerprint density at radius 3 is 2.40 bits per heavy atom. The molecule has 0 aliphatic rings. The SMILES string of the molecule is CC(C)N/C=C(\C=N)c1ccc(N)cc1. The smallest absolute Gasteiger partial charge is 0.0314 e. The van der Waals surface area contributed by atoms with Crippen molar-refractivity contribution in [1.82, 2.24) is 5.32 Å². The van der Waals surface area contributed by atoms with Gasteiger partial charge in [-0.2, -0.15) is 0 Å². The van der Waals surface area contributed by atoms with E-state index in [2.05, 4.69) is 19.2 Å². The Bertz CT molecular complexity index is 350. The van der Waals surface area contributed by atoms with Crippen LogP contribution < -0.4 is 11.1 Å². The first-order valence-electron chi connectivity index (χ1n) is 4.96. The second-order valence-corrected chi connectivity index (χ2v) is 3.69. The van der Waals surface area contributed by atoms with Gasteiger partial charge in [0, 0.05) is 29.7 Å². The van der Waals surface area contributed by atoms with Crippen LogP contribution in [0.3, 0.4) is 0 Å². The van der Waals surface area contributed by atoms with Crippen molar-refractivity contribution >= 4 is 17.5 Å². The Hall–Kier alpha value is -1.77. The first-order valence-corrected chi connectivity index (χ1v) is 4.96. The van der Waals surface area contributed by atoms with Gasteiger partial charge in [0.15, 0.2) is 0 Å². The molecule has 0 bridgehead atoms. The Kier molecular flexibility index (Phi) is 3.92. The molecule has 0 saturated heterocycles. The lowest BCUT2D eigenvalue weighted by Crippen LogP contribution is -2.16. The van der Waals surface area contributed by atoms with E-state index in [-0.39, 0.29) is 0 Å². The van der Waals surface area contributed by atoms with Crippen molar-refractivity contribution in [3.05, 3.63) is 36.0 Å². The highest BCUT2D eigenvalue weighted by atomic mass is 14.9. The number of anilines is 1. The lowest BCUT2D eigenvalue weighted by atomic mass is 10.1. The molecule has 1 aromatic carbocycles. The zero-order valence-corrected chi connectivity index (χ0v) is 9.12. The van der Waals surface area contributed by atoms with Crippen molar-refractivity contribution in [2.45, 2.75) is 19.9 Å². The van der Waals surface area contributed by atoms with Crippen LogP contribution >= 0.6 is 0 Å². The van der Waals surface area contributed by atoms with Crippen molar-refractivity contribution in [1.29, 1.82) is 5.41 Å². The van der Waals surface area contributed by atoms with E-state index < -0.39 is 0 Å². The molecule has 15 heavy (non-hydrogen) atoms. The molecule has 0 amide bonds. The highest BCUT2D eigenvalue weighted by Gasteiger charge is 1.98. The van der Waals surface area contributed by atoms with Crippen molar-refractivity contribution in [2.75, 3.05) is 5.73 Å². The monoisotopic (exact) mass is 203 g/mol. The molecule has 0 saturated carbocycles. The van der Waals surface area contributed by atoms with E-state index >= 15 is 0 Å². The van der Waals surface area contributed by atoms with Gasteiger partial charge in [-0.05, 0) is 31.5 Å². The average Bonchev–Trinajstić information content (AvgIpc) is 2.21. The minimum atomic E-state index is 0.369. The number of hydrogen-bond donors (Lipinski definition) is 3. The number of nitrogens with two attached hydrogens (primary N) is 1. The van der Waals surface area contributed by atoms with Gasteiger partial charge >= 0.3 is 0 Å². The Labute approximate surface area is 90.5 Å². The van der Waals surface area contributed by atoms with Crippen molar-refractivity contribution < 1.29 is 0 Å². The van der Waals surface area contributed by atoms with Gasteiger partial charge in [0.05, 0.1) is 0 Å². The van der Waals surface area contributed by atoms with Crippen LogP contribution in [-0.4, -0.2) is 12.3 Å². The summed E-state index contributed by atoms with van der Waals surface area (Å²) in [6.45, 7) is 4.11. The molecule has 1 rings (SSSR count). The van der Waals surface area contributed by atoms with Gasteiger partial charge < -0.3 is 16.5 Å². The van der Waals surface area contributed by atoms with Gasteiger partial charge in [-0.1, -0.05) is 12.1 Å². The summed E-state index contributed by atoms with van der Waals surface area (Å²) >= 11 is 0. The summed E-state index contributed by atoms with van der Waals surface area (Å²) < 4.78 is 0. The summed E-state index contributed by atoms with van der Waals surface area (Å²) in [4.78, 5) is 0. The normalized spacial score (nSPS) is 11.5. The van der Waals surface area contributed by atoms with Gasteiger partial charge in [-0.3, -0.25) is 0 Å². The van der Waals surface area contributed by atoms with Crippen LogP contribution in [-0.2, 0) is 0 Å². The molecule has 3 nitrogen and oxygen atoms in total. The molecule has 0 aromatic heterocycles. The number of benzene rings is 1. The third-order valence-electron chi connectivity index (χ3n) is 1.97. The molecule has 0 aliphatic heterocycles. The van der Waals surface area contributed by atoms with Crippen LogP contribution in [0.4, 0.5) is 5.69 Å². The third kappa shape index (κ3) is 3.46. The maximum absolute atomic E-state index is 7.33. The van der Waals surface area contributed by atoms with Crippen LogP contribution in [0.25, 0.3) is 5.57 Å². The van der Waals surface area contributed by atoms with E-state index in [1.54, 1.807) is 0 Å². The summed E-state index contributed by atoms with van der Waals surface area (Å²) in [5, 5.41) is 10.5. The molecular weight excluding hydrogens is 186 g/mol. The van der Waals surface area contributed by atoms with Crippen molar-refractivity contribution in [2.24, 2.45) is 0 Å². The minimum absolute atomic E-state index is 0.369. The van der Waals surface area contributed by atoms with E-state index in [1.165, 1.54) is 6.21 Å². The fourth-order valence-corrected chi connectivity index (χ4v) is 1.14. The quantitative estimate of drug-likeness (QED) is 0.519. The van der Waals surface area contributed by atoms with Gasteiger partial charge in [0.25, 0.3) is 0 Å². The standard InChI is InChI=1S/C12H17N3/c1-9(2)15-8-11(7-13)10-3-5-12(14)6-4-10/h3-9,13,15H,14H2,1-2H3/b11-8+,13-7?. The van der Waals surface area contributed by atoms with E-state index in [1.807, 2.05) is 30.5 Å². The molecule has 80 valence electrons. The lowest BCUT2D eigenvalue weighted by Gasteiger charge is -2.07. The molecule has 0 fully saturated rings. The summed E-state index contributed by atoms with van der Waals surface area (Å²) in [6.07, 6.45) is 3.18. The van der Waals surface area contributed by atoms with Gasteiger partial charge in [0.1, 0.15) is 0 Å². The first-order chi connectivity index (χ1) is 7.13. The van der Waals surface area contributed by atoms with Gasteiger partial charge in [-0.15, -0.1) is 0 Å². The van der Waals surface area contributed by atoms with Crippen molar-refractivity contribution in [3.8, 4) is 0 Å². The summed E-state index contributed by atoms with van der Waals surface area (Å²) in [7, 11) is 0. The lowest BCUT2D eigenvalue weighted by molar-refractivity contribution is 0.704.